The Morgan fingerprint density at radius 3 is 3.00 bits per heavy atom. The highest BCUT2D eigenvalue weighted by Gasteiger charge is 2.30. The van der Waals surface area contributed by atoms with Gasteiger partial charge in [-0.3, -0.25) is 0 Å². The molecule has 0 spiro atoms. The van der Waals surface area contributed by atoms with Crippen LogP contribution in [0.1, 0.15) is 12.8 Å². The Labute approximate surface area is 134 Å². The van der Waals surface area contributed by atoms with Crippen LogP contribution in [-0.4, -0.2) is 43.8 Å². The predicted molar refractivity (Wildman–Crippen MR) is 87.8 cm³/mol. The summed E-state index contributed by atoms with van der Waals surface area (Å²) in [6, 6.07) is 5.60. The number of sulfonamides is 1. The molecule has 1 fully saturated rings. The lowest BCUT2D eigenvalue weighted by Crippen LogP contribution is -2.45. The molecule has 0 amide bonds. The van der Waals surface area contributed by atoms with Gasteiger partial charge in [-0.05, 0) is 38.1 Å². The number of aromatic nitrogens is 2. The molecule has 2 aromatic heterocycles. The summed E-state index contributed by atoms with van der Waals surface area (Å²) >= 11 is 5.92. The molecular weight excluding hydrogens is 324 g/mol. The fourth-order valence-electron chi connectivity index (χ4n) is 2.72. The molecule has 0 bridgehead atoms. The van der Waals surface area contributed by atoms with Crippen LogP contribution in [0.4, 0.5) is 5.82 Å². The maximum absolute atomic E-state index is 12.0. The third-order valence-electron chi connectivity index (χ3n) is 3.92. The molecule has 0 aromatic carbocycles. The standard InChI is InChI=1S/C14H17ClN4O2S/c1-16-22(20,21)12-3-2-6-19(9-12)13-5-4-10-7-11(15)8-17-14(10)18-13/h4-5,7-8,12,16H,2-3,6,9H2,1H3. The summed E-state index contributed by atoms with van der Waals surface area (Å²) in [6.07, 6.45) is 3.05. The molecule has 0 radical (unpaired) electrons. The Morgan fingerprint density at radius 2 is 2.23 bits per heavy atom. The number of halogens is 1. The van der Waals surface area contributed by atoms with E-state index in [0.29, 0.717) is 23.6 Å². The molecule has 1 unspecified atom stereocenters. The quantitative estimate of drug-likeness (QED) is 0.922. The van der Waals surface area contributed by atoms with Gasteiger partial charge < -0.3 is 4.90 Å². The first-order valence-electron chi connectivity index (χ1n) is 7.09. The Kier molecular flexibility index (Phi) is 4.20. The van der Waals surface area contributed by atoms with E-state index in [1.54, 1.807) is 6.20 Å². The highest BCUT2D eigenvalue weighted by Crippen LogP contribution is 2.24. The van der Waals surface area contributed by atoms with Gasteiger partial charge in [-0.1, -0.05) is 11.6 Å². The third kappa shape index (κ3) is 3.02. The Morgan fingerprint density at radius 1 is 1.41 bits per heavy atom. The zero-order valence-corrected chi connectivity index (χ0v) is 13.7. The molecule has 1 N–H and O–H groups in total. The first-order chi connectivity index (χ1) is 10.5. The topological polar surface area (TPSA) is 75.2 Å². The minimum atomic E-state index is -3.26. The molecule has 3 rings (SSSR count). The fraction of sp³-hybridized carbons (Fsp3) is 0.429. The highest BCUT2D eigenvalue weighted by molar-refractivity contribution is 7.90. The van der Waals surface area contributed by atoms with Crippen LogP contribution in [-0.2, 0) is 10.0 Å². The molecule has 1 aliphatic rings. The van der Waals surface area contributed by atoms with E-state index in [0.717, 1.165) is 24.2 Å². The van der Waals surface area contributed by atoms with E-state index >= 15 is 0 Å². The van der Waals surface area contributed by atoms with Gasteiger partial charge in [-0.2, -0.15) is 0 Å². The Hall–Kier alpha value is -1.44. The molecule has 6 nitrogen and oxygen atoms in total. The molecule has 118 valence electrons. The molecule has 1 aliphatic heterocycles. The van der Waals surface area contributed by atoms with E-state index in [9.17, 15) is 8.42 Å². The molecule has 22 heavy (non-hydrogen) atoms. The summed E-state index contributed by atoms with van der Waals surface area (Å²) in [5, 5.41) is 1.02. The van der Waals surface area contributed by atoms with E-state index in [4.69, 9.17) is 11.6 Å². The number of pyridine rings is 2. The lowest BCUT2D eigenvalue weighted by atomic mass is 10.1. The summed E-state index contributed by atoms with van der Waals surface area (Å²) in [5.41, 5.74) is 0.612. The van der Waals surface area contributed by atoms with E-state index in [-0.39, 0.29) is 0 Å². The first-order valence-corrected chi connectivity index (χ1v) is 9.01. The summed E-state index contributed by atoms with van der Waals surface area (Å²) in [7, 11) is -1.81. The van der Waals surface area contributed by atoms with Gasteiger partial charge in [0.15, 0.2) is 5.65 Å². The van der Waals surface area contributed by atoms with Crippen LogP contribution in [0.5, 0.6) is 0 Å². The second-order valence-corrected chi connectivity index (χ2v) is 7.93. The van der Waals surface area contributed by atoms with Crippen molar-refractivity contribution in [3.05, 3.63) is 29.4 Å². The van der Waals surface area contributed by atoms with Crippen molar-refractivity contribution in [3.63, 3.8) is 0 Å². The largest absolute Gasteiger partial charge is 0.355 e. The normalized spacial score (nSPS) is 19.5. The number of anilines is 1. The van der Waals surface area contributed by atoms with Crippen molar-refractivity contribution in [2.24, 2.45) is 0 Å². The number of fused-ring (bicyclic) bond motifs is 1. The molecule has 8 heteroatoms. The number of piperidine rings is 1. The summed E-state index contributed by atoms with van der Waals surface area (Å²) in [4.78, 5) is 10.7. The second kappa shape index (κ2) is 5.98. The van der Waals surface area contributed by atoms with E-state index < -0.39 is 15.3 Å². The van der Waals surface area contributed by atoms with E-state index in [2.05, 4.69) is 14.7 Å². The summed E-state index contributed by atoms with van der Waals surface area (Å²) in [6.45, 7) is 1.23. The molecule has 0 aliphatic carbocycles. The maximum Gasteiger partial charge on any atom is 0.215 e. The lowest BCUT2D eigenvalue weighted by molar-refractivity contribution is 0.524. The second-order valence-electron chi connectivity index (χ2n) is 5.33. The van der Waals surface area contributed by atoms with E-state index in [1.807, 2.05) is 23.1 Å². The van der Waals surface area contributed by atoms with Crippen molar-refractivity contribution >= 4 is 38.5 Å². The minimum absolute atomic E-state index is 0.415. The van der Waals surface area contributed by atoms with Gasteiger partial charge in [-0.25, -0.2) is 23.1 Å². The number of rotatable bonds is 3. The van der Waals surface area contributed by atoms with Crippen LogP contribution in [0, 0.1) is 0 Å². The van der Waals surface area contributed by atoms with Crippen LogP contribution in [0.3, 0.4) is 0 Å². The van der Waals surface area contributed by atoms with Crippen molar-refractivity contribution in [3.8, 4) is 0 Å². The number of hydrogen-bond donors (Lipinski definition) is 1. The van der Waals surface area contributed by atoms with Gasteiger partial charge in [0.2, 0.25) is 10.0 Å². The zero-order chi connectivity index (χ0) is 15.7. The average molecular weight is 341 g/mol. The maximum atomic E-state index is 12.0. The van der Waals surface area contributed by atoms with Gasteiger partial charge in [0.05, 0.1) is 10.3 Å². The van der Waals surface area contributed by atoms with Crippen molar-refractivity contribution in [2.45, 2.75) is 18.1 Å². The Balaban J connectivity index is 1.89. The molecule has 2 aromatic rings. The number of hydrogen-bond acceptors (Lipinski definition) is 5. The van der Waals surface area contributed by atoms with Crippen LogP contribution in [0.2, 0.25) is 5.02 Å². The van der Waals surface area contributed by atoms with Crippen molar-refractivity contribution < 1.29 is 8.42 Å². The first kappa shape index (κ1) is 15.5. The van der Waals surface area contributed by atoms with Gasteiger partial charge >= 0.3 is 0 Å². The molecule has 1 saturated heterocycles. The SMILES string of the molecule is CNS(=O)(=O)C1CCCN(c2ccc3cc(Cl)cnc3n2)C1. The summed E-state index contributed by atoms with van der Waals surface area (Å²) in [5.74, 6) is 0.748. The number of nitrogens with one attached hydrogen (secondary N) is 1. The van der Waals surface area contributed by atoms with Crippen molar-refractivity contribution in [1.29, 1.82) is 0 Å². The van der Waals surface area contributed by atoms with Gasteiger partial charge in [0.1, 0.15) is 5.82 Å². The van der Waals surface area contributed by atoms with Crippen molar-refractivity contribution in [2.75, 3.05) is 25.0 Å². The van der Waals surface area contributed by atoms with Crippen LogP contribution >= 0.6 is 11.6 Å². The Bertz CT molecular complexity index is 797. The summed E-state index contributed by atoms with van der Waals surface area (Å²) < 4.78 is 26.4. The van der Waals surface area contributed by atoms with Crippen LogP contribution in [0.25, 0.3) is 11.0 Å². The smallest absolute Gasteiger partial charge is 0.215 e. The number of nitrogens with zero attached hydrogens (tertiary/aromatic N) is 3. The van der Waals surface area contributed by atoms with Gasteiger partial charge in [-0.15, -0.1) is 0 Å². The zero-order valence-electron chi connectivity index (χ0n) is 12.2. The monoisotopic (exact) mass is 340 g/mol. The average Bonchev–Trinajstić information content (AvgIpc) is 2.54. The molecule has 3 heterocycles. The van der Waals surface area contributed by atoms with Crippen LogP contribution in [0.15, 0.2) is 24.4 Å². The molecular formula is C14H17ClN4O2S. The van der Waals surface area contributed by atoms with Gasteiger partial charge in [0.25, 0.3) is 0 Å². The van der Waals surface area contributed by atoms with E-state index in [1.165, 1.54) is 7.05 Å². The predicted octanol–water partition coefficient (Wildman–Crippen LogP) is 1.80. The van der Waals surface area contributed by atoms with Gasteiger partial charge in [0, 0.05) is 24.7 Å². The molecule has 0 saturated carbocycles. The fourth-order valence-corrected chi connectivity index (χ4v) is 4.07. The highest BCUT2D eigenvalue weighted by atomic mass is 35.5. The molecule has 1 atom stereocenters. The lowest BCUT2D eigenvalue weighted by Gasteiger charge is -2.33. The third-order valence-corrected chi connectivity index (χ3v) is 5.96. The van der Waals surface area contributed by atoms with Crippen LogP contribution < -0.4 is 9.62 Å². The van der Waals surface area contributed by atoms with Crippen molar-refractivity contribution in [1.82, 2.24) is 14.7 Å². The minimum Gasteiger partial charge on any atom is -0.355 e.